The van der Waals surface area contributed by atoms with Crippen molar-refractivity contribution >= 4 is 32.9 Å². The highest BCUT2D eigenvalue weighted by atomic mass is 79.9. The number of carbonyl (C=O) groups excluding carboxylic acids is 1. The van der Waals surface area contributed by atoms with Crippen molar-refractivity contribution < 1.29 is 4.79 Å². The maximum atomic E-state index is 11.9. The Kier molecular flexibility index (Phi) is 4.37. The highest BCUT2D eigenvalue weighted by molar-refractivity contribution is 9.10. The second-order valence-electron chi connectivity index (χ2n) is 7.40. The second kappa shape index (κ2) is 6.51. The molecule has 1 aromatic heterocycles. The Morgan fingerprint density at radius 1 is 1.21 bits per heavy atom. The van der Waals surface area contributed by atoms with Crippen molar-refractivity contribution in [3.8, 4) is 0 Å². The van der Waals surface area contributed by atoms with Gasteiger partial charge in [0.2, 0.25) is 5.91 Å². The van der Waals surface area contributed by atoms with Gasteiger partial charge >= 0.3 is 0 Å². The van der Waals surface area contributed by atoms with Crippen molar-refractivity contribution in [2.75, 3.05) is 0 Å². The van der Waals surface area contributed by atoms with E-state index in [0.29, 0.717) is 12.5 Å². The summed E-state index contributed by atoms with van der Waals surface area (Å²) in [5.41, 5.74) is 2.23. The Morgan fingerprint density at radius 2 is 2.00 bits per heavy atom. The van der Waals surface area contributed by atoms with E-state index in [2.05, 4.69) is 50.9 Å². The minimum atomic E-state index is 0.0526. The lowest BCUT2D eigenvalue weighted by Crippen LogP contribution is -2.34. The number of halogens is 1. The van der Waals surface area contributed by atoms with E-state index in [1.54, 1.807) is 0 Å². The molecule has 0 radical (unpaired) electrons. The Bertz CT molecular complexity index is 761. The van der Waals surface area contributed by atoms with Crippen LogP contribution in [0.25, 0.3) is 11.0 Å². The van der Waals surface area contributed by atoms with E-state index in [4.69, 9.17) is 4.98 Å². The number of imidazole rings is 1. The molecule has 1 amide bonds. The summed E-state index contributed by atoms with van der Waals surface area (Å²) in [6, 6.07) is 6.90. The lowest BCUT2D eigenvalue weighted by atomic mass is 9.87. The molecule has 0 bridgehead atoms. The molecule has 2 aromatic rings. The Balaban J connectivity index is 1.79. The fourth-order valence-corrected chi connectivity index (χ4v) is 4.57. The number of aromatic nitrogens is 2. The van der Waals surface area contributed by atoms with E-state index < -0.39 is 0 Å². The molecule has 2 fully saturated rings. The molecule has 1 N–H and O–H groups in total. The van der Waals surface area contributed by atoms with Crippen LogP contribution in [0.1, 0.15) is 69.8 Å². The third-order valence-electron chi connectivity index (χ3n) is 5.57. The topological polar surface area (TPSA) is 46.9 Å². The van der Waals surface area contributed by atoms with Gasteiger partial charge in [-0.25, -0.2) is 4.98 Å². The number of hydrogen-bond donors (Lipinski definition) is 1. The SMILES string of the molecule is CC1CCC(n2c([C@@H]3CCCC(=O)N3)nc3cc(Br)ccc32)CC1. The first-order valence-corrected chi connectivity index (χ1v) is 9.88. The zero-order valence-electron chi connectivity index (χ0n) is 14.1. The molecule has 2 heterocycles. The van der Waals surface area contributed by atoms with Crippen molar-refractivity contribution in [1.82, 2.24) is 14.9 Å². The molecule has 1 saturated heterocycles. The minimum Gasteiger partial charge on any atom is -0.346 e. The second-order valence-corrected chi connectivity index (χ2v) is 8.31. The maximum Gasteiger partial charge on any atom is 0.220 e. The van der Waals surface area contributed by atoms with Gasteiger partial charge in [0.1, 0.15) is 5.82 Å². The van der Waals surface area contributed by atoms with E-state index in [0.717, 1.165) is 34.6 Å². The summed E-state index contributed by atoms with van der Waals surface area (Å²) in [4.78, 5) is 16.8. The van der Waals surface area contributed by atoms with E-state index in [1.165, 1.54) is 31.2 Å². The van der Waals surface area contributed by atoms with Crippen molar-refractivity contribution in [1.29, 1.82) is 0 Å². The van der Waals surface area contributed by atoms with Crippen LogP contribution in [0.15, 0.2) is 22.7 Å². The largest absolute Gasteiger partial charge is 0.346 e. The van der Waals surface area contributed by atoms with Gasteiger partial charge in [-0.15, -0.1) is 0 Å². The summed E-state index contributed by atoms with van der Waals surface area (Å²) in [6.07, 6.45) is 7.54. The molecule has 4 nitrogen and oxygen atoms in total. The van der Waals surface area contributed by atoms with Crippen LogP contribution in [0.2, 0.25) is 0 Å². The average Bonchev–Trinajstić information content (AvgIpc) is 2.94. The number of benzene rings is 1. The molecule has 128 valence electrons. The van der Waals surface area contributed by atoms with Crippen molar-refractivity contribution in [2.45, 2.75) is 64.0 Å². The van der Waals surface area contributed by atoms with Gasteiger partial charge in [-0.2, -0.15) is 0 Å². The van der Waals surface area contributed by atoms with E-state index in [-0.39, 0.29) is 11.9 Å². The summed E-state index contributed by atoms with van der Waals surface area (Å²) >= 11 is 3.56. The molecular formula is C19H24BrN3O. The first kappa shape index (κ1) is 16.1. The van der Waals surface area contributed by atoms with Crippen LogP contribution in [0, 0.1) is 5.92 Å². The van der Waals surface area contributed by atoms with Gasteiger partial charge in [0.25, 0.3) is 0 Å². The molecule has 1 saturated carbocycles. The number of amides is 1. The molecule has 24 heavy (non-hydrogen) atoms. The highest BCUT2D eigenvalue weighted by Crippen LogP contribution is 2.38. The molecule has 0 spiro atoms. The first-order chi connectivity index (χ1) is 11.6. The van der Waals surface area contributed by atoms with Crippen LogP contribution in [-0.4, -0.2) is 15.5 Å². The smallest absolute Gasteiger partial charge is 0.220 e. The van der Waals surface area contributed by atoms with Crippen LogP contribution < -0.4 is 5.32 Å². The summed E-state index contributed by atoms with van der Waals surface area (Å²) in [6.45, 7) is 2.35. The molecule has 2 aliphatic rings. The van der Waals surface area contributed by atoms with Gasteiger partial charge in [-0.05, 0) is 62.6 Å². The van der Waals surface area contributed by atoms with Crippen LogP contribution in [0.3, 0.4) is 0 Å². The number of carbonyl (C=O) groups is 1. The molecule has 1 aliphatic carbocycles. The number of nitrogens with zero attached hydrogens (tertiary/aromatic N) is 2. The zero-order chi connectivity index (χ0) is 16.7. The van der Waals surface area contributed by atoms with E-state index in [9.17, 15) is 4.79 Å². The predicted octanol–water partition coefficient (Wildman–Crippen LogP) is 4.89. The molecular weight excluding hydrogens is 366 g/mol. The van der Waals surface area contributed by atoms with Crippen LogP contribution in [-0.2, 0) is 4.79 Å². The zero-order valence-corrected chi connectivity index (χ0v) is 15.7. The number of hydrogen-bond acceptors (Lipinski definition) is 2. The predicted molar refractivity (Wildman–Crippen MR) is 98.8 cm³/mol. The fourth-order valence-electron chi connectivity index (χ4n) is 4.22. The van der Waals surface area contributed by atoms with Crippen LogP contribution in [0.5, 0.6) is 0 Å². The summed E-state index contributed by atoms with van der Waals surface area (Å²) in [5.74, 6) is 2.03. The van der Waals surface area contributed by atoms with Gasteiger partial charge in [-0.1, -0.05) is 22.9 Å². The van der Waals surface area contributed by atoms with Gasteiger partial charge in [0.15, 0.2) is 0 Å². The van der Waals surface area contributed by atoms with Crippen molar-refractivity contribution in [2.24, 2.45) is 5.92 Å². The number of fused-ring (bicyclic) bond motifs is 1. The Labute approximate surface area is 151 Å². The van der Waals surface area contributed by atoms with Crippen molar-refractivity contribution in [3.05, 3.63) is 28.5 Å². The van der Waals surface area contributed by atoms with Gasteiger partial charge in [0.05, 0.1) is 17.1 Å². The van der Waals surface area contributed by atoms with E-state index in [1.807, 2.05) is 0 Å². The fraction of sp³-hybridized carbons (Fsp3) is 0.579. The molecule has 0 unspecified atom stereocenters. The molecule has 1 atom stereocenters. The molecule has 1 aromatic carbocycles. The number of rotatable bonds is 2. The Hall–Kier alpha value is -1.36. The molecule has 1 aliphatic heterocycles. The average molecular weight is 390 g/mol. The van der Waals surface area contributed by atoms with Gasteiger partial charge in [-0.3, -0.25) is 4.79 Å². The number of nitrogens with one attached hydrogen (secondary N) is 1. The first-order valence-electron chi connectivity index (χ1n) is 9.08. The monoisotopic (exact) mass is 389 g/mol. The highest BCUT2D eigenvalue weighted by Gasteiger charge is 2.29. The molecule has 5 heteroatoms. The quantitative estimate of drug-likeness (QED) is 0.794. The third-order valence-corrected chi connectivity index (χ3v) is 6.07. The summed E-state index contributed by atoms with van der Waals surface area (Å²) in [5, 5.41) is 3.16. The molecule has 4 rings (SSSR count). The number of piperidine rings is 1. The third kappa shape index (κ3) is 2.99. The van der Waals surface area contributed by atoms with E-state index >= 15 is 0 Å². The van der Waals surface area contributed by atoms with Gasteiger partial charge in [0, 0.05) is 16.9 Å². The lowest BCUT2D eigenvalue weighted by Gasteiger charge is -2.31. The van der Waals surface area contributed by atoms with Gasteiger partial charge < -0.3 is 9.88 Å². The standard InChI is InChI=1S/C19H24BrN3O/c1-12-5-8-14(9-6-12)23-17-10-7-13(20)11-16(17)22-19(23)15-3-2-4-18(24)21-15/h7,10-12,14-15H,2-6,8-9H2,1H3,(H,21,24)/t12?,14?,15-/m0/s1. The summed E-state index contributed by atoms with van der Waals surface area (Å²) < 4.78 is 3.49. The van der Waals surface area contributed by atoms with Crippen LogP contribution >= 0.6 is 15.9 Å². The van der Waals surface area contributed by atoms with Crippen LogP contribution in [0.4, 0.5) is 0 Å². The normalized spacial score (nSPS) is 28.1. The summed E-state index contributed by atoms with van der Waals surface area (Å²) in [7, 11) is 0. The maximum absolute atomic E-state index is 11.9. The lowest BCUT2D eigenvalue weighted by molar-refractivity contribution is -0.123. The van der Waals surface area contributed by atoms with Crippen molar-refractivity contribution in [3.63, 3.8) is 0 Å². The Morgan fingerprint density at radius 3 is 2.75 bits per heavy atom. The minimum absolute atomic E-state index is 0.0526.